The largest absolute Gasteiger partial charge is 0.390 e. The van der Waals surface area contributed by atoms with Crippen molar-refractivity contribution < 1.29 is 9.90 Å². The highest BCUT2D eigenvalue weighted by Crippen LogP contribution is 2.18. The van der Waals surface area contributed by atoms with Crippen molar-refractivity contribution in [1.82, 2.24) is 19.7 Å². The molecule has 0 saturated carbocycles. The van der Waals surface area contributed by atoms with Crippen LogP contribution >= 0.6 is 0 Å². The molecule has 1 aromatic rings. The van der Waals surface area contributed by atoms with E-state index in [-0.39, 0.29) is 5.78 Å². The molecule has 130 valence electrons. The lowest BCUT2D eigenvalue weighted by Gasteiger charge is -2.29. The highest BCUT2D eigenvalue weighted by atomic mass is 16.3. The number of aliphatic hydroxyl groups excluding tert-OH is 1. The third kappa shape index (κ3) is 4.88. The molecule has 0 radical (unpaired) electrons. The molecule has 0 aromatic carbocycles. The van der Waals surface area contributed by atoms with E-state index in [9.17, 15) is 9.90 Å². The molecule has 1 aliphatic heterocycles. The predicted molar refractivity (Wildman–Crippen MR) is 92.1 cm³/mol. The molecule has 1 atom stereocenters. The van der Waals surface area contributed by atoms with Crippen LogP contribution in [0.4, 0.5) is 0 Å². The third-order valence-corrected chi connectivity index (χ3v) is 4.36. The van der Waals surface area contributed by atoms with Crippen LogP contribution in [-0.4, -0.2) is 84.7 Å². The highest BCUT2D eigenvalue weighted by molar-refractivity contribution is 6.00. The lowest BCUT2D eigenvalue weighted by atomic mass is 10.1. The van der Waals surface area contributed by atoms with Gasteiger partial charge in [-0.05, 0) is 33.5 Å². The van der Waals surface area contributed by atoms with Gasteiger partial charge in [0.2, 0.25) is 0 Å². The second kappa shape index (κ2) is 8.06. The average molecular weight is 322 g/mol. The molecule has 1 fully saturated rings. The van der Waals surface area contributed by atoms with Gasteiger partial charge in [0.05, 0.1) is 12.6 Å². The Kier molecular flexibility index (Phi) is 6.35. The van der Waals surface area contributed by atoms with E-state index in [1.807, 2.05) is 43.6 Å². The standard InChI is InChI=1S/C17H30N4O2/c1-13-9-21(14(2)17(13)16(23)12-19(3)4)11-15(22)10-20-7-5-18-6-8-20/h9,15,18,22H,5-8,10-12H2,1-4H3. The van der Waals surface area contributed by atoms with Gasteiger partial charge in [-0.3, -0.25) is 9.69 Å². The van der Waals surface area contributed by atoms with Crippen molar-refractivity contribution in [3.05, 3.63) is 23.0 Å². The molecule has 1 aromatic heterocycles. The maximum atomic E-state index is 12.4. The van der Waals surface area contributed by atoms with Gasteiger partial charge in [0, 0.05) is 56.7 Å². The van der Waals surface area contributed by atoms with Crippen LogP contribution < -0.4 is 5.32 Å². The van der Waals surface area contributed by atoms with Crippen LogP contribution in [0.1, 0.15) is 21.6 Å². The molecule has 0 bridgehead atoms. The molecule has 6 heteroatoms. The Morgan fingerprint density at radius 3 is 2.57 bits per heavy atom. The molecule has 0 amide bonds. The summed E-state index contributed by atoms with van der Waals surface area (Å²) in [5.74, 6) is 0.139. The van der Waals surface area contributed by atoms with Crippen molar-refractivity contribution >= 4 is 5.78 Å². The van der Waals surface area contributed by atoms with E-state index >= 15 is 0 Å². The zero-order valence-corrected chi connectivity index (χ0v) is 14.8. The van der Waals surface area contributed by atoms with Gasteiger partial charge >= 0.3 is 0 Å². The number of aliphatic hydroxyl groups is 1. The van der Waals surface area contributed by atoms with Gasteiger partial charge < -0.3 is 19.9 Å². The van der Waals surface area contributed by atoms with Gasteiger partial charge in [0.1, 0.15) is 0 Å². The van der Waals surface area contributed by atoms with E-state index in [1.165, 1.54) is 0 Å². The van der Waals surface area contributed by atoms with Gasteiger partial charge in [0.15, 0.2) is 5.78 Å². The summed E-state index contributed by atoms with van der Waals surface area (Å²) in [7, 11) is 3.80. The smallest absolute Gasteiger partial charge is 0.178 e. The lowest BCUT2D eigenvalue weighted by molar-refractivity contribution is 0.0907. The summed E-state index contributed by atoms with van der Waals surface area (Å²) < 4.78 is 2.02. The number of likely N-dealkylation sites (N-methyl/N-ethyl adjacent to an activating group) is 1. The molecule has 23 heavy (non-hydrogen) atoms. The lowest BCUT2D eigenvalue weighted by Crippen LogP contribution is -2.46. The minimum Gasteiger partial charge on any atom is -0.390 e. The number of ketones is 1. The zero-order chi connectivity index (χ0) is 17.0. The molecule has 6 nitrogen and oxygen atoms in total. The van der Waals surface area contributed by atoms with Crippen LogP contribution in [0.3, 0.4) is 0 Å². The van der Waals surface area contributed by atoms with E-state index < -0.39 is 6.10 Å². The number of piperazine rings is 1. The Bertz CT molecular complexity index is 533. The number of hydrogen-bond donors (Lipinski definition) is 2. The normalized spacial score (nSPS) is 17.7. The van der Waals surface area contributed by atoms with Crippen LogP contribution in [0.15, 0.2) is 6.20 Å². The summed E-state index contributed by atoms with van der Waals surface area (Å²) >= 11 is 0. The number of hydrogen-bond acceptors (Lipinski definition) is 5. The fraction of sp³-hybridized carbons (Fsp3) is 0.706. The number of Topliss-reactive ketones (excluding diaryl/α,β-unsaturated/α-hetero) is 1. The Hall–Kier alpha value is -1.21. The summed E-state index contributed by atoms with van der Waals surface area (Å²) in [6, 6.07) is 0. The number of β-amino-alcohol motifs (C(OH)–C–C–N with tert-alkyl or cyclic N) is 1. The van der Waals surface area contributed by atoms with Crippen LogP contribution in [0.25, 0.3) is 0 Å². The summed E-state index contributed by atoms with van der Waals surface area (Å²) in [6.07, 6.45) is 1.56. The minimum atomic E-state index is -0.421. The van der Waals surface area contributed by atoms with Crippen molar-refractivity contribution in [3.8, 4) is 0 Å². The second-order valence-corrected chi connectivity index (χ2v) is 6.79. The number of nitrogens with one attached hydrogen (secondary N) is 1. The first-order chi connectivity index (χ1) is 10.9. The fourth-order valence-corrected chi connectivity index (χ4v) is 3.28. The molecular weight excluding hydrogens is 292 g/mol. The summed E-state index contributed by atoms with van der Waals surface area (Å²) in [5, 5.41) is 13.7. The summed E-state index contributed by atoms with van der Waals surface area (Å²) in [4.78, 5) is 16.5. The molecule has 2 N–H and O–H groups in total. The molecule has 1 aliphatic rings. The first-order valence-electron chi connectivity index (χ1n) is 8.34. The summed E-state index contributed by atoms with van der Waals surface area (Å²) in [6.45, 7) is 9.48. The van der Waals surface area contributed by atoms with Gasteiger partial charge in [-0.15, -0.1) is 0 Å². The van der Waals surface area contributed by atoms with Gasteiger partial charge in [-0.1, -0.05) is 0 Å². The molecule has 0 spiro atoms. The Morgan fingerprint density at radius 2 is 1.96 bits per heavy atom. The Labute approximate surface area is 139 Å². The van der Waals surface area contributed by atoms with Crippen LogP contribution in [0.5, 0.6) is 0 Å². The van der Waals surface area contributed by atoms with E-state index in [4.69, 9.17) is 0 Å². The molecule has 1 saturated heterocycles. The zero-order valence-electron chi connectivity index (χ0n) is 14.8. The number of aryl methyl sites for hydroxylation is 1. The van der Waals surface area contributed by atoms with Gasteiger partial charge in [0.25, 0.3) is 0 Å². The number of rotatable bonds is 7. The van der Waals surface area contributed by atoms with Crippen molar-refractivity contribution in [2.45, 2.75) is 26.5 Å². The highest BCUT2D eigenvalue weighted by Gasteiger charge is 2.20. The first kappa shape index (κ1) is 18.1. The monoisotopic (exact) mass is 322 g/mol. The Balaban J connectivity index is 2.01. The number of carbonyl (C=O) groups excluding carboxylic acids is 1. The molecule has 2 heterocycles. The minimum absolute atomic E-state index is 0.139. The SMILES string of the molecule is Cc1cn(CC(O)CN2CCNCC2)c(C)c1C(=O)CN(C)C. The predicted octanol–water partition coefficient (Wildman–Crippen LogP) is 0.115. The van der Waals surface area contributed by atoms with Crippen molar-refractivity contribution in [1.29, 1.82) is 0 Å². The number of carbonyl (C=O) groups is 1. The fourth-order valence-electron chi connectivity index (χ4n) is 3.28. The molecule has 1 unspecified atom stereocenters. The van der Waals surface area contributed by atoms with Crippen molar-refractivity contribution in [2.75, 3.05) is 53.4 Å². The maximum absolute atomic E-state index is 12.4. The van der Waals surface area contributed by atoms with Crippen LogP contribution in [0, 0.1) is 13.8 Å². The van der Waals surface area contributed by atoms with E-state index in [1.54, 1.807) is 0 Å². The van der Waals surface area contributed by atoms with Crippen LogP contribution in [0.2, 0.25) is 0 Å². The number of aromatic nitrogens is 1. The van der Waals surface area contributed by atoms with E-state index in [0.29, 0.717) is 19.6 Å². The van der Waals surface area contributed by atoms with E-state index in [0.717, 1.165) is 43.0 Å². The van der Waals surface area contributed by atoms with E-state index in [2.05, 4.69) is 10.2 Å². The molecular formula is C17H30N4O2. The molecule has 2 rings (SSSR count). The Morgan fingerprint density at radius 1 is 1.30 bits per heavy atom. The third-order valence-electron chi connectivity index (χ3n) is 4.36. The first-order valence-corrected chi connectivity index (χ1v) is 8.34. The topological polar surface area (TPSA) is 60.7 Å². The second-order valence-electron chi connectivity index (χ2n) is 6.79. The van der Waals surface area contributed by atoms with Crippen molar-refractivity contribution in [3.63, 3.8) is 0 Å². The van der Waals surface area contributed by atoms with Gasteiger partial charge in [-0.2, -0.15) is 0 Å². The van der Waals surface area contributed by atoms with Crippen molar-refractivity contribution in [2.24, 2.45) is 0 Å². The number of nitrogens with zero attached hydrogens (tertiary/aromatic N) is 3. The summed E-state index contributed by atoms with van der Waals surface area (Å²) in [5.41, 5.74) is 2.74. The maximum Gasteiger partial charge on any atom is 0.178 e. The molecule has 0 aliphatic carbocycles. The average Bonchev–Trinajstić information content (AvgIpc) is 2.73. The van der Waals surface area contributed by atoms with Gasteiger partial charge in [-0.25, -0.2) is 0 Å². The van der Waals surface area contributed by atoms with Crippen LogP contribution in [-0.2, 0) is 6.54 Å². The quantitative estimate of drug-likeness (QED) is 0.698.